The molecule has 0 fully saturated rings. The predicted octanol–water partition coefficient (Wildman–Crippen LogP) is -0.199. The molecule has 0 aromatic rings. The van der Waals surface area contributed by atoms with Gasteiger partial charge in [-0.15, -0.1) is 0 Å². The molecule has 1 aliphatic heterocycles. The molecule has 0 aromatic carbocycles. The van der Waals surface area contributed by atoms with Gasteiger partial charge in [-0.2, -0.15) is 13.2 Å². The summed E-state index contributed by atoms with van der Waals surface area (Å²) in [6, 6.07) is 0. The van der Waals surface area contributed by atoms with Crippen LogP contribution in [0.3, 0.4) is 0 Å². The summed E-state index contributed by atoms with van der Waals surface area (Å²) in [5.74, 6) is 0.397. The monoisotopic (exact) mass is 211 g/mol. The predicted molar refractivity (Wildman–Crippen MR) is 45.0 cm³/mol. The van der Waals surface area contributed by atoms with Gasteiger partial charge in [-0.3, -0.25) is 4.99 Å². The van der Waals surface area contributed by atoms with E-state index in [9.17, 15) is 13.2 Å². The lowest BCUT2D eigenvalue weighted by Gasteiger charge is -2.19. The van der Waals surface area contributed by atoms with Gasteiger partial charge in [0.15, 0.2) is 12.1 Å². The molecule has 82 valence electrons. The van der Waals surface area contributed by atoms with Crippen LogP contribution >= 0.6 is 0 Å². The molecule has 0 saturated heterocycles. The molecule has 0 spiro atoms. The van der Waals surface area contributed by atoms with Crippen molar-refractivity contribution in [3.05, 3.63) is 0 Å². The Balaban J connectivity index is 2.34. The zero-order valence-electron chi connectivity index (χ0n) is 7.67. The van der Waals surface area contributed by atoms with Gasteiger partial charge >= 0.3 is 6.18 Å². The Morgan fingerprint density at radius 1 is 1.64 bits per heavy atom. The van der Waals surface area contributed by atoms with Crippen LogP contribution in [0.2, 0.25) is 0 Å². The van der Waals surface area contributed by atoms with E-state index in [0.29, 0.717) is 19.0 Å². The normalized spacial score (nSPS) is 19.5. The van der Waals surface area contributed by atoms with Crippen molar-refractivity contribution >= 4 is 5.96 Å². The lowest BCUT2D eigenvalue weighted by molar-refractivity contribution is -0.201. The van der Waals surface area contributed by atoms with Crippen molar-refractivity contribution in [2.45, 2.75) is 12.3 Å². The second-order valence-corrected chi connectivity index (χ2v) is 3.07. The lowest BCUT2D eigenvalue weighted by atomic mass is 10.3. The molecular formula is C7H12F3N3O. The Bertz CT molecular complexity index is 229. The standard InChI is InChI=1S/C7H12F3N3O/c1-13-3-2-11-6(13)12-4-5(14)7(8,9)10/h5,14H,2-4H2,1H3,(H,11,12). The number of guanidine groups is 1. The van der Waals surface area contributed by atoms with Crippen molar-refractivity contribution in [3.8, 4) is 0 Å². The van der Waals surface area contributed by atoms with Crippen molar-refractivity contribution in [2.75, 3.05) is 26.7 Å². The number of rotatable bonds is 2. The molecule has 0 bridgehead atoms. The van der Waals surface area contributed by atoms with E-state index in [1.54, 1.807) is 11.9 Å². The summed E-state index contributed by atoms with van der Waals surface area (Å²) in [4.78, 5) is 5.62. The van der Waals surface area contributed by atoms with E-state index >= 15 is 0 Å². The van der Waals surface area contributed by atoms with Gasteiger partial charge in [0, 0.05) is 13.6 Å². The molecule has 1 heterocycles. The number of hydrogen-bond acceptors (Lipinski definition) is 4. The lowest BCUT2D eigenvalue weighted by Crippen LogP contribution is -2.44. The van der Waals surface area contributed by atoms with E-state index in [2.05, 4.69) is 10.3 Å². The fraction of sp³-hybridized carbons (Fsp3) is 0.857. The SMILES string of the molecule is CN1CCN=C1NCC(O)C(F)(F)F. The Morgan fingerprint density at radius 3 is 2.71 bits per heavy atom. The first-order valence-corrected chi connectivity index (χ1v) is 4.15. The maximum absolute atomic E-state index is 11.9. The first-order valence-electron chi connectivity index (χ1n) is 4.15. The molecule has 0 radical (unpaired) electrons. The first kappa shape index (κ1) is 11.1. The highest BCUT2D eigenvalue weighted by atomic mass is 19.4. The second kappa shape index (κ2) is 4.04. The van der Waals surface area contributed by atoms with Crippen LogP contribution in [0.4, 0.5) is 13.2 Å². The number of aliphatic hydroxyl groups is 1. The Kier molecular flexibility index (Phi) is 3.20. The third kappa shape index (κ3) is 2.76. The average Bonchev–Trinajstić information content (AvgIpc) is 2.45. The molecule has 0 aromatic heterocycles. The number of aliphatic hydroxyl groups excluding tert-OH is 1. The Morgan fingerprint density at radius 2 is 2.29 bits per heavy atom. The number of nitrogens with one attached hydrogen (secondary N) is 1. The summed E-state index contributed by atoms with van der Waals surface area (Å²) < 4.78 is 35.6. The van der Waals surface area contributed by atoms with Gasteiger partial charge in [0.2, 0.25) is 0 Å². The number of nitrogens with zero attached hydrogens (tertiary/aromatic N) is 2. The summed E-state index contributed by atoms with van der Waals surface area (Å²) in [5.41, 5.74) is 0. The average molecular weight is 211 g/mol. The van der Waals surface area contributed by atoms with Crippen LogP contribution in [0, 0.1) is 0 Å². The van der Waals surface area contributed by atoms with Crippen LogP contribution in [0.25, 0.3) is 0 Å². The topological polar surface area (TPSA) is 47.9 Å². The summed E-state index contributed by atoms with van der Waals surface area (Å²) in [6.07, 6.45) is -6.93. The number of halogens is 3. The Labute approximate surface area is 79.4 Å². The highest BCUT2D eigenvalue weighted by Gasteiger charge is 2.38. The maximum atomic E-state index is 11.9. The summed E-state index contributed by atoms with van der Waals surface area (Å²) in [7, 11) is 1.72. The van der Waals surface area contributed by atoms with E-state index in [-0.39, 0.29) is 0 Å². The summed E-state index contributed by atoms with van der Waals surface area (Å²) >= 11 is 0. The maximum Gasteiger partial charge on any atom is 0.416 e. The fourth-order valence-electron chi connectivity index (χ4n) is 1.03. The first-order chi connectivity index (χ1) is 6.41. The molecule has 0 aliphatic carbocycles. The molecule has 4 nitrogen and oxygen atoms in total. The minimum atomic E-state index is -4.58. The van der Waals surface area contributed by atoms with Crippen LogP contribution in [-0.4, -0.2) is 54.9 Å². The Hall–Kier alpha value is -0.980. The van der Waals surface area contributed by atoms with Crippen LogP contribution in [-0.2, 0) is 0 Å². The van der Waals surface area contributed by atoms with Gasteiger partial charge < -0.3 is 15.3 Å². The molecule has 1 aliphatic rings. The van der Waals surface area contributed by atoms with E-state index in [1.807, 2.05) is 0 Å². The van der Waals surface area contributed by atoms with E-state index in [4.69, 9.17) is 5.11 Å². The molecule has 7 heteroatoms. The van der Waals surface area contributed by atoms with Gasteiger partial charge in [-0.05, 0) is 0 Å². The molecular weight excluding hydrogens is 199 g/mol. The van der Waals surface area contributed by atoms with Gasteiger partial charge in [-0.25, -0.2) is 0 Å². The molecule has 14 heavy (non-hydrogen) atoms. The van der Waals surface area contributed by atoms with E-state index in [0.717, 1.165) is 0 Å². The number of hydrogen-bond donors (Lipinski definition) is 2. The van der Waals surface area contributed by atoms with Crippen molar-refractivity contribution in [1.29, 1.82) is 0 Å². The van der Waals surface area contributed by atoms with Crippen LogP contribution in [0.1, 0.15) is 0 Å². The van der Waals surface area contributed by atoms with Crippen molar-refractivity contribution in [2.24, 2.45) is 4.99 Å². The third-order valence-corrected chi connectivity index (χ3v) is 1.89. The molecule has 1 rings (SSSR count). The van der Waals surface area contributed by atoms with Crippen LogP contribution in [0.5, 0.6) is 0 Å². The summed E-state index contributed by atoms with van der Waals surface area (Å²) in [5, 5.41) is 11.1. The second-order valence-electron chi connectivity index (χ2n) is 3.07. The molecule has 0 saturated carbocycles. The number of aliphatic imine (C=N–C) groups is 1. The largest absolute Gasteiger partial charge is 0.416 e. The zero-order chi connectivity index (χ0) is 10.8. The van der Waals surface area contributed by atoms with Crippen LogP contribution in [0.15, 0.2) is 4.99 Å². The van der Waals surface area contributed by atoms with E-state index in [1.165, 1.54) is 0 Å². The van der Waals surface area contributed by atoms with Gasteiger partial charge in [0.05, 0.1) is 13.1 Å². The van der Waals surface area contributed by atoms with Crippen molar-refractivity contribution < 1.29 is 18.3 Å². The van der Waals surface area contributed by atoms with Crippen molar-refractivity contribution in [3.63, 3.8) is 0 Å². The zero-order valence-corrected chi connectivity index (χ0v) is 7.67. The van der Waals surface area contributed by atoms with Gasteiger partial charge in [0.1, 0.15) is 0 Å². The number of alkyl halides is 3. The highest BCUT2D eigenvalue weighted by molar-refractivity contribution is 5.81. The van der Waals surface area contributed by atoms with E-state index < -0.39 is 18.8 Å². The smallest absolute Gasteiger partial charge is 0.382 e. The third-order valence-electron chi connectivity index (χ3n) is 1.89. The van der Waals surface area contributed by atoms with Gasteiger partial charge in [0.25, 0.3) is 0 Å². The minimum absolute atomic E-state index is 0.397. The minimum Gasteiger partial charge on any atom is -0.382 e. The van der Waals surface area contributed by atoms with Gasteiger partial charge in [-0.1, -0.05) is 0 Å². The number of likely N-dealkylation sites (N-methyl/N-ethyl adjacent to an activating group) is 1. The fourth-order valence-corrected chi connectivity index (χ4v) is 1.03. The molecule has 2 N–H and O–H groups in total. The highest BCUT2D eigenvalue weighted by Crippen LogP contribution is 2.19. The quantitative estimate of drug-likeness (QED) is 0.665. The van der Waals surface area contributed by atoms with Crippen LogP contribution < -0.4 is 5.32 Å². The summed E-state index contributed by atoms with van der Waals surface area (Å²) in [6.45, 7) is 0.693. The molecule has 1 atom stereocenters. The van der Waals surface area contributed by atoms with Crippen molar-refractivity contribution in [1.82, 2.24) is 10.2 Å². The molecule has 0 amide bonds. The molecule has 1 unspecified atom stereocenters.